The minimum atomic E-state index is -1.54. The molecular weight excluding hydrogens is 427 g/mol. The fraction of sp³-hybridized carbons (Fsp3) is 0.476. The number of amides is 2. The van der Waals surface area contributed by atoms with Gasteiger partial charge in [0.15, 0.2) is 5.92 Å². The average Bonchev–Trinajstić information content (AvgIpc) is 2.76. The fourth-order valence-electron chi connectivity index (χ4n) is 3.10. The molecule has 2 amide bonds. The molecule has 0 aliphatic heterocycles. The summed E-state index contributed by atoms with van der Waals surface area (Å²) in [4.78, 5) is 61.2. The number of hydrogen-bond donors (Lipinski definition) is 2. The van der Waals surface area contributed by atoms with Gasteiger partial charge >= 0.3 is 17.9 Å². The van der Waals surface area contributed by atoms with Crippen molar-refractivity contribution in [3.05, 3.63) is 35.6 Å². The van der Waals surface area contributed by atoms with E-state index >= 15 is 0 Å². The van der Waals surface area contributed by atoms with Gasteiger partial charge in [-0.2, -0.15) is 0 Å². The molecule has 0 radical (unpaired) electrons. The molecule has 32 heavy (non-hydrogen) atoms. The van der Waals surface area contributed by atoms with Crippen LogP contribution in [0.1, 0.15) is 19.4 Å². The van der Waals surface area contributed by atoms with Crippen molar-refractivity contribution < 1.29 is 42.6 Å². The largest absolute Gasteiger partial charge is 0.468 e. The molecule has 3 atom stereocenters. The molecule has 0 saturated heterocycles. The Morgan fingerprint density at radius 3 is 1.91 bits per heavy atom. The lowest BCUT2D eigenvalue weighted by molar-refractivity contribution is -0.163. The third-order valence-electron chi connectivity index (χ3n) is 4.79. The molecule has 1 rings (SSSR count). The number of ether oxygens (including phenoxy) is 3. The van der Waals surface area contributed by atoms with Gasteiger partial charge in [-0.1, -0.05) is 25.1 Å². The Morgan fingerprint density at radius 2 is 1.44 bits per heavy atom. The maximum atomic E-state index is 14.1. The summed E-state index contributed by atoms with van der Waals surface area (Å²) in [5.74, 6) is -7.57. The summed E-state index contributed by atoms with van der Waals surface area (Å²) in [6, 6.07) is 2.96. The second-order valence-electron chi connectivity index (χ2n) is 6.94. The first-order valence-corrected chi connectivity index (χ1v) is 9.61. The summed E-state index contributed by atoms with van der Waals surface area (Å²) in [6.07, 6.45) is -0.211. The van der Waals surface area contributed by atoms with Gasteiger partial charge in [0.25, 0.3) is 0 Å². The summed E-state index contributed by atoms with van der Waals surface area (Å²) < 4.78 is 28.0. The maximum Gasteiger partial charge on any atom is 0.328 e. The second kappa shape index (κ2) is 12.4. The van der Waals surface area contributed by atoms with Crippen LogP contribution >= 0.6 is 0 Å². The van der Waals surface area contributed by atoms with Crippen LogP contribution < -0.4 is 10.6 Å². The van der Waals surface area contributed by atoms with Crippen LogP contribution in [-0.4, -0.2) is 63.1 Å². The molecule has 0 spiro atoms. The Labute approximate surface area is 184 Å². The van der Waals surface area contributed by atoms with Crippen LogP contribution in [0.3, 0.4) is 0 Å². The van der Waals surface area contributed by atoms with Gasteiger partial charge in [-0.25, -0.2) is 9.18 Å². The summed E-state index contributed by atoms with van der Waals surface area (Å²) in [5, 5.41) is 4.79. The third kappa shape index (κ3) is 7.03. The molecular formula is C21H27FN2O8. The van der Waals surface area contributed by atoms with E-state index in [1.54, 1.807) is 6.07 Å². The highest BCUT2D eigenvalue weighted by Crippen LogP contribution is 2.21. The topological polar surface area (TPSA) is 137 Å². The lowest BCUT2D eigenvalue weighted by Gasteiger charge is -2.28. The third-order valence-corrected chi connectivity index (χ3v) is 4.79. The quantitative estimate of drug-likeness (QED) is 0.289. The van der Waals surface area contributed by atoms with Gasteiger partial charge in [0.2, 0.25) is 11.8 Å². The van der Waals surface area contributed by atoms with E-state index in [1.807, 2.05) is 0 Å². The van der Waals surface area contributed by atoms with Gasteiger partial charge in [-0.15, -0.1) is 0 Å². The van der Waals surface area contributed by atoms with Crippen molar-refractivity contribution in [2.45, 2.75) is 32.4 Å². The van der Waals surface area contributed by atoms with E-state index in [4.69, 9.17) is 4.74 Å². The highest BCUT2D eigenvalue weighted by atomic mass is 19.1. The van der Waals surface area contributed by atoms with Crippen LogP contribution in [0.25, 0.3) is 0 Å². The number of benzene rings is 1. The Hall–Kier alpha value is -3.50. The first-order chi connectivity index (χ1) is 15.1. The van der Waals surface area contributed by atoms with E-state index in [2.05, 4.69) is 20.1 Å². The van der Waals surface area contributed by atoms with Crippen molar-refractivity contribution in [1.82, 2.24) is 10.6 Å². The first-order valence-electron chi connectivity index (χ1n) is 9.61. The monoisotopic (exact) mass is 454 g/mol. The minimum absolute atomic E-state index is 0.158. The smallest absolute Gasteiger partial charge is 0.328 e. The molecule has 1 aromatic rings. The molecule has 0 aromatic heterocycles. The lowest BCUT2D eigenvalue weighted by Crippen LogP contribution is -2.56. The van der Waals surface area contributed by atoms with Crippen LogP contribution in [0.5, 0.6) is 0 Å². The van der Waals surface area contributed by atoms with Gasteiger partial charge in [-0.05, 0) is 11.6 Å². The Kier molecular flexibility index (Phi) is 10.3. The van der Waals surface area contributed by atoms with E-state index in [0.29, 0.717) is 0 Å². The highest BCUT2D eigenvalue weighted by Gasteiger charge is 2.43. The van der Waals surface area contributed by atoms with Gasteiger partial charge in [0.05, 0.1) is 21.3 Å². The molecule has 0 unspecified atom stereocenters. The number of esters is 3. The zero-order valence-corrected chi connectivity index (χ0v) is 18.5. The van der Waals surface area contributed by atoms with Gasteiger partial charge in [0.1, 0.15) is 17.9 Å². The summed E-state index contributed by atoms with van der Waals surface area (Å²) in [5.41, 5.74) is 0.158. The molecule has 0 aliphatic rings. The number of carbonyl (C=O) groups is 5. The highest BCUT2D eigenvalue weighted by molar-refractivity contribution is 5.97. The van der Waals surface area contributed by atoms with E-state index in [-0.39, 0.29) is 12.0 Å². The SMILES string of the molecule is COC(=O)C(C(=O)OC)[C@H](C)[C@H](NC(=O)[C@@H](Cc1ccccc1F)NC(C)=O)C(=O)OC. The number of carbonyl (C=O) groups excluding carboxylic acids is 5. The number of halogens is 1. The van der Waals surface area contributed by atoms with Crippen LogP contribution in [0.15, 0.2) is 24.3 Å². The van der Waals surface area contributed by atoms with E-state index < -0.39 is 59.5 Å². The predicted octanol–water partition coefficient (Wildman–Crippen LogP) is 0.129. The molecule has 176 valence electrons. The standard InChI is InChI=1S/C21H27FN2O8/c1-11(16(19(27)30-3)20(28)31-4)17(21(29)32-5)24-18(26)15(23-12(2)25)10-13-8-6-7-9-14(13)22/h6-9,11,15-17H,10H2,1-5H3,(H,23,25)(H,24,26)/t11-,15+,17-/m0/s1. The second-order valence-corrected chi connectivity index (χ2v) is 6.94. The zero-order chi connectivity index (χ0) is 24.4. The van der Waals surface area contributed by atoms with Crippen LogP contribution in [0, 0.1) is 17.7 Å². The number of rotatable bonds is 10. The van der Waals surface area contributed by atoms with Crippen LogP contribution in [0.4, 0.5) is 4.39 Å². The van der Waals surface area contributed by atoms with E-state index in [0.717, 1.165) is 21.3 Å². The minimum Gasteiger partial charge on any atom is -0.468 e. The Bertz CT molecular complexity index is 844. The molecule has 0 fully saturated rings. The van der Waals surface area contributed by atoms with Crippen molar-refractivity contribution in [3.63, 3.8) is 0 Å². The summed E-state index contributed by atoms with van der Waals surface area (Å²) in [7, 11) is 3.17. The molecule has 0 aliphatic carbocycles. The molecule has 11 heteroatoms. The van der Waals surface area contributed by atoms with Gasteiger partial charge in [0, 0.05) is 19.3 Å². The molecule has 10 nitrogen and oxygen atoms in total. The first kappa shape index (κ1) is 26.5. The van der Waals surface area contributed by atoms with Crippen molar-refractivity contribution in [1.29, 1.82) is 0 Å². The Balaban J connectivity index is 3.23. The summed E-state index contributed by atoms with van der Waals surface area (Å²) in [6.45, 7) is 2.53. The predicted molar refractivity (Wildman–Crippen MR) is 108 cm³/mol. The van der Waals surface area contributed by atoms with Gasteiger partial charge in [-0.3, -0.25) is 19.2 Å². The molecule has 0 saturated carbocycles. The lowest BCUT2D eigenvalue weighted by atomic mass is 9.87. The van der Waals surface area contributed by atoms with Crippen molar-refractivity contribution in [3.8, 4) is 0 Å². The van der Waals surface area contributed by atoms with E-state index in [9.17, 15) is 28.4 Å². The van der Waals surface area contributed by atoms with Crippen LogP contribution in [-0.2, 0) is 44.6 Å². The van der Waals surface area contributed by atoms with Gasteiger partial charge < -0.3 is 24.8 Å². The number of methoxy groups -OCH3 is 3. The maximum absolute atomic E-state index is 14.1. The fourth-order valence-corrected chi connectivity index (χ4v) is 3.10. The molecule has 0 bridgehead atoms. The molecule has 0 heterocycles. The number of nitrogens with one attached hydrogen (secondary N) is 2. The van der Waals surface area contributed by atoms with Crippen LogP contribution in [0.2, 0.25) is 0 Å². The zero-order valence-electron chi connectivity index (χ0n) is 18.5. The van der Waals surface area contributed by atoms with Crippen molar-refractivity contribution in [2.24, 2.45) is 11.8 Å². The summed E-state index contributed by atoms with van der Waals surface area (Å²) >= 11 is 0. The molecule has 2 N–H and O–H groups in total. The normalized spacial score (nSPS) is 13.3. The van der Waals surface area contributed by atoms with E-state index in [1.165, 1.54) is 32.0 Å². The number of hydrogen-bond acceptors (Lipinski definition) is 8. The average molecular weight is 454 g/mol. The Morgan fingerprint density at radius 1 is 0.906 bits per heavy atom. The van der Waals surface area contributed by atoms with Crippen molar-refractivity contribution in [2.75, 3.05) is 21.3 Å². The van der Waals surface area contributed by atoms with Crippen molar-refractivity contribution >= 4 is 29.7 Å². The molecule has 1 aromatic carbocycles.